The van der Waals surface area contributed by atoms with E-state index in [1.165, 1.54) is 4.31 Å². The van der Waals surface area contributed by atoms with Crippen molar-refractivity contribution in [2.45, 2.75) is 25.7 Å². The predicted octanol–water partition coefficient (Wildman–Crippen LogP) is 3.45. The van der Waals surface area contributed by atoms with Gasteiger partial charge in [-0.05, 0) is 67.8 Å². The highest BCUT2D eigenvalue weighted by molar-refractivity contribution is 7.92. The van der Waals surface area contributed by atoms with Crippen LogP contribution in [0.15, 0.2) is 41.3 Å². The van der Waals surface area contributed by atoms with E-state index in [2.05, 4.69) is 0 Å². The normalized spacial score (nSPS) is 11.3. The van der Waals surface area contributed by atoms with E-state index < -0.39 is 10.0 Å². The first-order valence-corrected chi connectivity index (χ1v) is 8.42. The van der Waals surface area contributed by atoms with Gasteiger partial charge in [0.1, 0.15) is 5.75 Å². The van der Waals surface area contributed by atoms with Crippen LogP contribution in [0.3, 0.4) is 0 Å². The summed E-state index contributed by atoms with van der Waals surface area (Å²) >= 11 is 0. The van der Waals surface area contributed by atoms with Gasteiger partial charge < -0.3 is 4.74 Å². The van der Waals surface area contributed by atoms with Crippen LogP contribution in [0.25, 0.3) is 0 Å². The van der Waals surface area contributed by atoms with Gasteiger partial charge >= 0.3 is 0 Å². The topological polar surface area (TPSA) is 46.6 Å². The molecular weight excluding hydrogens is 298 g/mol. The molecule has 118 valence electrons. The summed E-state index contributed by atoms with van der Waals surface area (Å²) in [6.07, 6.45) is 0. The van der Waals surface area contributed by atoms with E-state index in [4.69, 9.17) is 4.74 Å². The number of hydrogen-bond acceptors (Lipinski definition) is 3. The van der Waals surface area contributed by atoms with Gasteiger partial charge in [0.25, 0.3) is 10.0 Å². The number of methoxy groups -OCH3 is 1. The van der Waals surface area contributed by atoms with Crippen LogP contribution in [0, 0.1) is 20.8 Å². The first kappa shape index (κ1) is 16.4. The molecule has 2 aromatic rings. The fourth-order valence-electron chi connectivity index (χ4n) is 2.23. The van der Waals surface area contributed by atoms with Crippen molar-refractivity contribution < 1.29 is 13.2 Å². The van der Waals surface area contributed by atoms with E-state index in [0.29, 0.717) is 11.4 Å². The number of rotatable bonds is 4. The van der Waals surface area contributed by atoms with Gasteiger partial charge in [0.05, 0.1) is 17.7 Å². The van der Waals surface area contributed by atoms with Crippen molar-refractivity contribution in [3.05, 3.63) is 53.1 Å². The van der Waals surface area contributed by atoms with Gasteiger partial charge in [-0.3, -0.25) is 4.31 Å². The van der Waals surface area contributed by atoms with Crippen molar-refractivity contribution >= 4 is 15.7 Å². The summed E-state index contributed by atoms with van der Waals surface area (Å²) in [4.78, 5) is 0.256. The fourth-order valence-corrected chi connectivity index (χ4v) is 3.50. The monoisotopic (exact) mass is 319 g/mol. The van der Waals surface area contributed by atoms with Crippen LogP contribution in [-0.4, -0.2) is 22.6 Å². The fraction of sp³-hybridized carbons (Fsp3) is 0.294. The Morgan fingerprint density at radius 3 is 2.14 bits per heavy atom. The molecule has 0 radical (unpaired) electrons. The molecule has 0 bridgehead atoms. The summed E-state index contributed by atoms with van der Waals surface area (Å²) in [5, 5.41) is 0. The predicted molar refractivity (Wildman–Crippen MR) is 89.2 cm³/mol. The minimum absolute atomic E-state index is 0.256. The quantitative estimate of drug-likeness (QED) is 0.867. The van der Waals surface area contributed by atoms with E-state index in [-0.39, 0.29) is 4.90 Å². The zero-order chi connectivity index (χ0) is 16.5. The van der Waals surface area contributed by atoms with Gasteiger partial charge in [-0.2, -0.15) is 0 Å². The van der Waals surface area contributed by atoms with E-state index in [9.17, 15) is 8.42 Å². The van der Waals surface area contributed by atoms with Gasteiger partial charge in [0.2, 0.25) is 0 Å². The molecule has 0 spiro atoms. The molecule has 4 nitrogen and oxygen atoms in total. The summed E-state index contributed by atoms with van der Waals surface area (Å²) < 4.78 is 32.0. The largest absolute Gasteiger partial charge is 0.496 e. The summed E-state index contributed by atoms with van der Waals surface area (Å²) in [5.41, 5.74) is 3.63. The molecule has 0 aliphatic rings. The molecule has 0 saturated carbocycles. The Labute approximate surface area is 132 Å². The van der Waals surface area contributed by atoms with Gasteiger partial charge in [0.15, 0.2) is 0 Å². The van der Waals surface area contributed by atoms with Crippen LogP contribution in [0.5, 0.6) is 5.75 Å². The molecule has 22 heavy (non-hydrogen) atoms. The minimum atomic E-state index is -3.59. The molecule has 5 heteroatoms. The van der Waals surface area contributed by atoms with E-state index >= 15 is 0 Å². The molecule has 0 fully saturated rings. The van der Waals surface area contributed by atoms with E-state index in [1.807, 2.05) is 39.0 Å². The summed E-state index contributed by atoms with van der Waals surface area (Å²) in [5.74, 6) is 0.674. The second kappa shape index (κ2) is 6.01. The van der Waals surface area contributed by atoms with Crippen LogP contribution in [0.1, 0.15) is 16.7 Å². The molecule has 0 saturated heterocycles. The van der Waals surface area contributed by atoms with Crippen molar-refractivity contribution in [1.82, 2.24) is 0 Å². The SMILES string of the molecule is COc1ccc(S(=O)(=O)N(C)c2ccc(C)c(C)c2)cc1C. The number of nitrogens with zero attached hydrogens (tertiary/aromatic N) is 1. The number of benzene rings is 2. The van der Waals surface area contributed by atoms with Crippen LogP contribution in [0.2, 0.25) is 0 Å². The maximum absolute atomic E-state index is 12.8. The minimum Gasteiger partial charge on any atom is -0.496 e. The number of sulfonamides is 1. The maximum atomic E-state index is 12.8. The molecular formula is C17H21NO3S. The van der Waals surface area contributed by atoms with E-state index in [1.54, 1.807) is 32.4 Å². The molecule has 2 aromatic carbocycles. The molecule has 0 heterocycles. The van der Waals surface area contributed by atoms with Crippen LogP contribution in [-0.2, 0) is 10.0 Å². The Bertz CT molecular complexity index is 798. The third-order valence-corrected chi connectivity index (χ3v) is 5.66. The van der Waals surface area contributed by atoms with Crippen LogP contribution in [0.4, 0.5) is 5.69 Å². The lowest BCUT2D eigenvalue weighted by Gasteiger charge is -2.21. The third kappa shape index (κ3) is 2.95. The Balaban J connectivity index is 2.44. The molecule has 0 aromatic heterocycles. The highest BCUT2D eigenvalue weighted by Gasteiger charge is 2.22. The van der Waals surface area contributed by atoms with Gasteiger partial charge in [-0.15, -0.1) is 0 Å². The smallest absolute Gasteiger partial charge is 0.264 e. The van der Waals surface area contributed by atoms with Gasteiger partial charge in [-0.1, -0.05) is 6.07 Å². The zero-order valence-electron chi connectivity index (χ0n) is 13.5. The number of ether oxygens (including phenoxy) is 1. The molecule has 2 rings (SSSR count). The lowest BCUT2D eigenvalue weighted by molar-refractivity contribution is 0.411. The molecule has 0 aliphatic heterocycles. The maximum Gasteiger partial charge on any atom is 0.264 e. The van der Waals surface area contributed by atoms with Crippen molar-refractivity contribution in [2.75, 3.05) is 18.5 Å². The zero-order valence-corrected chi connectivity index (χ0v) is 14.4. The molecule has 0 unspecified atom stereocenters. The average Bonchev–Trinajstić information content (AvgIpc) is 2.49. The Morgan fingerprint density at radius 1 is 0.909 bits per heavy atom. The first-order valence-electron chi connectivity index (χ1n) is 6.98. The molecule has 0 atom stereocenters. The van der Waals surface area contributed by atoms with Gasteiger partial charge in [-0.25, -0.2) is 8.42 Å². The highest BCUT2D eigenvalue weighted by Crippen LogP contribution is 2.27. The van der Waals surface area contributed by atoms with Crippen LogP contribution < -0.4 is 9.04 Å². The van der Waals surface area contributed by atoms with Crippen molar-refractivity contribution in [3.8, 4) is 5.75 Å². The van der Waals surface area contributed by atoms with Crippen molar-refractivity contribution in [3.63, 3.8) is 0 Å². The summed E-state index contributed by atoms with van der Waals surface area (Å²) in [6, 6.07) is 10.5. The average molecular weight is 319 g/mol. The van der Waals surface area contributed by atoms with Crippen molar-refractivity contribution in [1.29, 1.82) is 0 Å². The summed E-state index contributed by atoms with van der Waals surface area (Å²) in [7, 11) is -0.456. The Kier molecular flexibility index (Phi) is 4.47. The second-order valence-corrected chi connectivity index (χ2v) is 7.34. The highest BCUT2D eigenvalue weighted by atomic mass is 32.2. The van der Waals surface area contributed by atoms with E-state index in [0.717, 1.165) is 16.7 Å². The van der Waals surface area contributed by atoms with Gasteiger partial charge in [0, 0.05) is 7.05 Å². The lowest BCUT2D eigenvalue weighted by Crippen LogP contribution is -2.26. The summed E-state index contributed by atoms with van der Waals surface area (Å²) in [6.45, 7) is 5.80. The molecule has 0 N–H and O–H groups in total. The number of anilines is 1. The standard InChI is InChI=1S/C17H21NO3S/c1-12-6-7-15(10-13(12)2)18(4)22(19,20)16-8-9-17(21-5)14(3)11-16/h6-11H,1-5H3. The number of aryl methyl sites for hydroxylation is 3. The Morgan fingerprint density at radius 2 is 1.59 bits per heavy atom. The van der Waals surface area contributed by atoms with Crippen molar-refractivity contribution in [2.24, 2.45) is 0 Å². The first-order chi connectivity index (χ1) is 10.3. The molecule has 0 aliphatic carbocycles. The third-order valence-electron chi connectivity index (χ3n) is 3.88. The lowest BCUT2D eigenvalue weighted by atomic mass is 10.1. The second-order valence-electron chi connectivity index (χ2n) is 5.37. The Hall–Kier alpha value is -2.01. The number of hydrogen-bond donors (Lipinski definition) is 0. The van der Waals surface area contributed by atoms with Crippen LogP contribution >= 0.6 is 0 Å². The molecule has 0 amide bonds.